The summed E-state index contributed by atoms with van der Waals surface area (Å²) in [6.07, 6.45) is 3.40. The van der Waals surface area contributed by atoms with Crippen LogP contribution in [0.5, 0.6) is 5.75 Å². The molecule has 1 N–H and O–H groups in total. The van der Waals surface area contributed by atoms with Crippen molar-refractivity contribution in [2.45, 2.75) is 6.54 Å². The van der Waals surface area contributed by atoms with Crippen LogP contribution in [0.1, 0.15) is 11.1 Å². The Hall–Kier alpha value is -1.97. The number of halogens is 2. The van der Waals surface area contributed by atoms with Crippen LogP contribution in [0.3, 0.4) is 0 Å². The maximum absolute atomic E-state index is 6.10. The number of ether oxygens (including phenoxy) is 1. The molecule has 0 atom stereocenters. The van der Waals surface area contributed by atoms with Crippen LogP contribution < -0.4 is 10.2 Å². The lowest BCUT2D eigenvalue weighted by Gasteiger charge is -2.07. The lowest BCUT2D eigenvalue weighted by atomic mass is 10.2. The third kappa shape index (κ3) is 4.52. The smallest absolute Gasteiger partial charge is 0.128 e. The third-order valence-corrected chi connectivity index (χ3v) is 3.60. The van der Waals surface area contributed by atoms with Gasteiger partial charge < -0.3 is 10.2 Å². The van der Waals surface area contributed by atoms with Crippen LogP contribution >= 0.6 is 23.2 Å². The molecular formula is C17H16Cl2N2O. The first-order chi connectivity index (χ1) is 10.7. The van der Waals surface area contributed by atoms with Crippen molar-refractivity contribution >= 4 is 29.4 Å². The molecule has 3 nitrogen and oxygen atoms in total. The zero-order chi connectivity index (χ0) is 15.8. The van der Waals surface area contributed by atoms with E-state index in [4.69, 9.17) is 27.9 Å². The van der Waals surface area contributed by atoms with Gasteiger partial charge in [-0.3, -0.25) is 0 Å². The molecule has 2 rings (SSSR count). The summed E-state index contributed by atoms with van der Waals surface area (Å²) >= 11 is 12.2. The number of hydrazone groups is 1. The van der Waals surface area contributed by atoms with Crippen molar-refractivity contribution in [1.29, 1.82) is 0 Å². The molecule has 0 heterocycles. The predicted octanol–water partition coefficient (Wildman–Crippen LogP) is 4.68. The minimum Gasteiger partial charge on any atom is -0.489 e. The lowest BCUT2D eigenvalue weighted by molar-refractivity contribution is 0.362. The average molecular weight is 335 g/mol. The van der Waals surface area contributed by atoms with Crippen LogP contribution in [0.4, 0.5) is 0 Å². The van der Waals surface area contributed by atoms with Gasteiger partial charge in [0.15, 0.2) is 0 Å². The van der Waals surface area contributed by atoms with Crippen molar-refractivity contribution in [2.75, 3.05) is 6.61 Å². The van der Waals surface area contributed by atoms with Gasteiger partial charge in [0, 0.05) is 21.2 Å². The second kappa shape index (κ2) is 8.47. The van der Waals surface area contributed by atoms with Crippen LogP contribution in [-0.2, 0) is 6.54 Å². The van der Waals surface area contributed by atoms with Gasteiger partial charge in [-0.2, -0.15) is 5.10 Å². The topological polar surface area (TPSA) is 33.6 Å². The summed E-state index contributed by atoms with van der Waals surface area (Å²) < 4.78 is 5.56. The lowest BCUT2D eigenvalue weighted by Crippen LogP contribution is -2.07. The molecular weight excluding hydrogens is 319 g/mol. The summed E-state index contributed by atoms with van der Waals surface area (Å²) in [7, 11) is 0. The van der Waals surface area contributed by atoms with E-state index >= 15 is 0 Å². The van der Waals surface area contributed by atoms with E-state index in [-0.39, 0.29) is 0 Å². The molecule has 114 valence electrons. The van der Waals surface area contributed by atoms with Gasteiger partial charge >= 0.3 is 0 Å². The fourth-order valence-electron chi connectivity index (χ4n) is 1.81. The van der Waals surface area contributed by atoms with Crippen molar-refractivity contribution < 1.29 is 4.74 Å². The monoisotopic (exact) mass is 334 g/mol. The first kappa shape index (κ1) is 16.4. The normalized spacial score (nSPS) is 10.6. The maximum Gasteiger partial charge on any atom is 0.128 e. The Morgan fingerprint density at radius 1 is 1.09 bits per heavy atom. The Morgan fingerprint density at radius 2 is 1.82 bits per heavy atom. The van der Waals surface area contributed by atoms with E-state index in [2.05, 4.69) is 17.1 Å². The molecule has 0 fully saturated rings. The zero-order valence-corrected chi connectivity index (χ0v) is 13.4. The summed E-state index contributed by atoms with van der Waals surface area (Å²) in [4.78, 5) is 0. The van der Waals surface area contributed by atoms with Crippen molar-refractivity contribution in [1.82, 2.24) is 5.43 Å². The van der Waals surface area contributed by atoms with E-state index in [0.717, 1.165) is 16.9 Å². The van der Waals surface area contributed by atoms with E-state index in [1.807, 2.05) is 30.3 Å². The predicted molar refractivity (Wildman–Crippen MR) is 93.0 cm³/mol. The molecule has 0 aromatic heterocycles. The van der Waals surface area contributed by atoms with Crippen LogP contribution in [-0.4, -0.2) is 12.8 Å². The number of hydrogen-bond donors (Lipinski definition) is 1. The molecule has 5 heteroatoms. The van der Waals surface area contributed by atoms with E-state index in [1.54, 1.807) is 24.4 Å². The number of rotatable bonds is 7. The fourth-order valence-corrected chi connectivity index (χ4v) is 2.34. The Kier molecular flexibility index (Phi) is 6.31. The van der Waals surface area contributed by atoms with Crippen molar-refractivity contribution in [3.8, 4) is 5.75 Å². The molecule has 2 aromatic rings. The Labute approximate surface area is 140 Å². The van der Waals surface area contributed by atoms with Crippen molar-refractivity contribution in [3.05, 3.63) is 76.3 Å². The van der Waals surface area contributed by atoms with Crippen LogP contribution in [0.2, 0.25) is 10.0 Å². The first-order valence-electron chi connectivity index (χ1n) is 6.74. The molecule has 0 aliphatic carbocycles. The van der Waals surface area contributed by atoms with Crippen molar-refractivity contribution in [2.24, 2.45) is 5.10 Å². The molecule has 0 unspecified atom stereocenters. The summed E-state index contributed by atoms with van der Waals surface area (Å²) in [5.41, 5.74) is 4.64. The Bertz CT molecular complexity index is 651. The second-order valence-electron chi connectivity index (χ2n) is 4.43. The summed E-state index contributed by atoms with van der Waals surface area (Å²) in [5.74, 6) is 0.753. The molecule has 2 aromatic carbocycles. The van der Waals surface area contributed by atoms with Gasteiger partial charge in [-0.05, 0) is 24.3 Å². The van der Waals surface area contributed by atoms with Gasteiger partial charge in [0.1, 0.15) is 12.4 Å². The molecule has 0 spiro atoms. The highest BCUT2D eigenvalue weighted by Gasteiger charge is 2.04. The third-order valence-electron chi connectivity index (χ3n) is 2.89. The molecule has 0 bridgehead atoms. The number of para-hydroxylation sites is 1. The van der Waals surface area contributed by atoms with E-state index in [9.17, 15) is 0 Å². The minimum absolute atomic E-state index is 0.449. The van der Waals surface area contributed by atoms with Gasteiger partial charge in [0.2, 0.25) is 0 Å². The van der Waals surface area contributed by atoms with E-state index in [1.165, 1.54) is 0 Å². The van der Waals surface area contributed by atoms with Gasteiger partial charge in [-0.1, -0.05) is 54.1 Å². The quantitative estimate of drug-likeness (QED) is 0.453. The molecule has 0 saturated heterocycles. The standard InChI is InChI=1S/C17H16Cl2N2O/c1-2-10-22-17-9-4-3-6-13(17)11-20-21-12-14-15(18)7-5-8-16(14)19/h2-9,11,21H,1,10,12H2/b20-11+. The van der Waals surface area contributed by atoms with Crippen LogP contribution in [0, 0.1) is 0 Å². The Morgan fingerprint density at radius 3 is 2.55 bits per heavy atom. The number of nitrogens with one attached hydrogen (secondary N) is 1. The SMILES string of the molecule is C=CCOc1ccccc1/C=N/NCc1c(Cl)cccc1Cl. The van der Waals surface area contributed by atoms with Crippen LogP contribution in [0.25, 0.3) is 0 Å². The molecule has 0 radical (unpaired) electrons. The number of nitrogens with zero attached hydrogens (tertiary/aromatic N) is 1. The van der Waals surface area contributed by atoms with E-state index < -0.39 is 0 Å². The van der Waals surface area contributed by atoms with Crippen molar-refractivity contribution in [3.63, 3.8) is 0 Å². The number of benzene rings is 2. The highest BCUT2D eigenvalue weighted by atomic mass is 35.5. The summed E-state index contributed by atoms with van der Waals surface area (Å²) in [6.45, 7) is 4.54. The minimum atomic E-state index is 0.449. The number of hydrogen-bond acceptors (Lipinski definition) is 3. The molecule has 0 aliphatic rings. The van der Waals surface area contributed by atoms with E-state index in [0.29, 0.717) is 23.2 Å². The Balaban J connectivity index is 2.00. The molecule has 0 saturated carbocycles. The fraction of sp³-hybridized carbons (Fsp3) is 0.118. The highest BCUT2D eigenvalue weighted by Crippen LogP contribution is 2.23. The zero-order valence-electron chi connectivity index (χ0n) is 11.9. The van der Waals surface area contributed by atoms with Gasteiger partial charge in [0.05, 0.1) is 12.8 Å². The summed E-state index contributed by atoms with van der Waals surface area (Å²) in [6, 6.07) is 13.0. The molecule has 0 aliphatic heterocycles. The largest absolute Gasteiger partial charge is 0.489 e. The highest BCUT2D eigenvalue weighted by molar-refractivity contribution is 6.35. The first-order valence-corrected chi connectivity index (χ1v) is 7.49. The molecule has 0 amide bonds. The second-order valence-corrected chi connectivity index (χ2v) is 5.25. The average Bonchev–Trinajstić information content (AvgIpc) is 2.52. The van der Waals surface area contributed by atoms with Crippen LogP contribution in [0.15, 0.2) is 60.2 Å². The van der Waals surface area contributed by atoms with Gasteiger partial charge in [-0.25, -0.2) is 0 Å². The summed E-state index contributed by atoms with van der Waals surface area (Å²) in [5, 5.41) is 5.42. The molecule has 22 heavy (non-hydrogen) atoms. The van der Waals surface area contributed by atoms with Gasteiger partial charge in [-0.15, -0.1) is 0 Å². The maximum atomic E-state index is 6.10. The van der Waals surface area contributed by atoms with Gasteiger partial charge in [0.25, 0.3) is 0 Å².